The molecule has 1 heterocycles. The van der Waals surface area contributed by atoms with Crippen LogP contribution in [0.3, 0.4) is 0 Å². The van der Waals surface area contributed by atoms with E-state index in [0.717, 1.165) is 43.6 Å². The third kappa shape index (κ3) is 7.92. The number of ether oxygens (including phenoxy) is 1. The summed E-state index contributed by atoms with van der Waals surface area (Å²) >= 11 is 5.90. The summed E-state index contributed by atoms with van der Waals surface area (Å²) in [5, 5.41) is 11.2. The van der Waals surface area contributed by atoms with Gasteiger partial charge in [-0.15, -0.1) is 24.0 Å². The Bertz CT molecular complexity index is 734. The number of rotatable bonds is 10. The first-order chi connectivity index (χ1) is 13.2. The van der Waals surface area contributed by atoms with Crippen LogP contribution in [0.2, 0.25) is 5.02 Å². The molecule has 0 amide bonds. The van der Waals surface area contributed by atoms with Gasteiger partial charge in [-0.25, -0.2) is 0 Å². The van der Waals surface area contributed by atoms with Crippen LogP contribution in [-0.2, 0) is 11.2 Å². The van der Waals surface area contributed by atoms with Crippen molar-refractivity contribution in [1.82, 2.24) is 20.8 Å². The second-order valence-electron chi connectivity index (χ2n) is 6.57. The normalized spacial score (nSPS) is 13.9. The van der Waals surface area contributed by atoms with Crippen molar-refractivity contribution in [3.63, 3.8) is 0 Å². The predicted octanol–water partition coefficient (Wildman–Crippen LogP) is 3.53. The van der Waals surface area contributed by atoms with Gasteiger partial charge in [-0.2, -0.15) is 4.98 Å². The molecule has 1 aliphatic rings. The maximum Gasteiger partial charge on any atom is 0.228 e. The van der Waals surface area contributed by atoms with Gasteiger partial charge in [0.15, 0.2) is 5.96 Å². The Labute approximate surface area is 187 Å². The first kappa shape index (κ1) is 22.9. The van der Waals surface area contributed by atoms with Gasteiger partial charge in [0.05, 0.1) is 0 Å². The number of hydrogen-bond acceptors (Lipinski definition) is 5. The van der Waals surface area contributed by atoms with Crippen LogP contribution in [0, 0.1) is 5.92 Å². The largest absolute Gasteiger partial charge is 0.381 e. The molecule has 3 rings (SSSR count). The van der Waals surface area contributed by atoms with E-state index < -0.39 is 0 Å². The molecule has 0 spiro atoms. The first-order valence-electron chi connectivity index (χ1n) is 9.35. The number of hydrogen-bond donors (Lipinski definition) is 2. The number of aromatic nitrogens is 2. The van der Waals surface area contributed by atoms with E-state index in [2.05, 4.69) is 25.8 Å². The molecule has 2 N–H and O–H groups in total. The van der Waals surface area contributed by atoms with Crippen molar-refractivity contribution in [3.8, 4) is 11.4 Å². The van der Waals surface area contributed by atoms with E-state index in [4.69, 9.17) is 20.9 Å². The fraction of sp³-hybridized carbons (Fsp3) is 0.526. The van der Waals surface area contributed by atoms with E-state index in [0.29, 0.717) is 29.7 Å². The molecule has 7 nitrogen and oxygen atoms in total. The molecule has 0 atom stereocenters. The van der Waals surface area contributed by atoms with Gasteiger partial charge in [0.25, 0.3) is 0 Å². The zero-order valence-corrected chi connectivity index (χ0v) is 19.1. The van der Waals surface area contributed by atoms with Crippen molar-refractivity contribution in [1.29, 1.82) is 0 Å². The Morgan fingerprint density at radius 1 is 1.25 bits per heavy atom. The molecule has 0 bridgehead atoms. The summed E-state index contributed by atoms with van der Waals surface area (Å²) in [5.74, 6) is 2.72. The van der Waals surface area contributed by atoms with Crippen LogP contribution in [0.4, 0.5) is 0 Å². The highest BCUT2D eigenvalue weighted by Gasteiger charge is 2.20. The van der Waals surface area contributed by atoms with Gasteiger partial charge in [-0.1, -0.05) is 16.8 Å². The molecule has 1 fully saturated rings. The fourth-order valence-electron chi connectivity index (χ4n) is 2.50. The molecule has 2 aromatic rings. The SMILES string of the molecule is CN=C(NCCCOCC1CC1)NCCc1nc(-c2ccc(Cl)cc2)no1.I. The molecule has 1 aliphatic carbocycles. The molecule has 0 radical (unpaired) electrons. The van der Waals surface area contributed by atoms with Gasteiger partial charge < -0.3 is 19.9 Å². The number of halogens is 2. The number of benzene rings is 1. The van der Waals surface area contributed by atoms with Crippen LogP contribution >= 0.6 is 35.6 Å². The van der Waals surface area contributed by atoms with E-state index in [1.807, 2.05) is 12.1 Å². The molecule has 9 heteroatoms. The van der Waals surface area contributed by atoms with Crippen molar-refractivity contribution in [2.45, 2.75) is 25.7 Å². The van der Waals surface area contributed by atoms with Crippen molar-refractivity contribution in [2.75, 3.05) is 33.4 Å². The molecule has 0 aliphatic heterocycles. The average molecular weight is 520 g/mol. The van der Waals surface area contributed by atoms with Gasteiger partial charge >= 0.3 is 0 Å². The zero-order chi connectivity index (χ0) is 18.9. The summed E-state index contributed by atoms with van der Waals surface area (Å²) < 4.78 is 10.9. The van der Waals surface area contributed by atoms with Gasteiger partial charge in [0.2, 0.25) is 11.7 Å². The summed E-state index contributed by atoms with van der Waals surface area (Å²) in [7, 11) is 1.75. The monoisotopic (exact) mass is 519 g/mol. The Morgan fingerprint density at radius 3 is 2.71 bits per heavy atom. The summed E-state index contributed by atoms with van der Waals surface area (Å²) in [6, 6.07) is 7.35. The van der Waals surface area contributed by atoms with Gasteiger partial charge in [-0.05, 0) is 49.4 Å². The summed E-state index contributed by atoms with van der Waals surface area (Å²) in [4.78, 5) is 8.62. The fourth-order valence-corrected chi connectivity index (χ4v) is 2.62. The molecule has 1 aromatic heterocycles. The van der Waals surface area contributed by atoms with E-state index in [1.54, 1.807) is 19.2 Å². The number of aliphatic imine (C=N–C) groups is 1. The van der Waals surface area contributed by atoms with Crippen LogP contribution in [0.1, 0.15) is 25.2 Å². The maximum atomic E-state index is 5.90. The smallest absolute Gasteiger partial charge is 0.228 e. The van der Waals surface area contributed by atoms with Gasteiger partial charge in [-0.3, -0.25) is 4.99 Å². The van der Waals surface area contributed by atoms with Crippen LogP contribution in [0.5, 0.6) is 0 Å². The lowest BCUT2D eigenvalue weighted by Gasteiger charge is -2.11. The molecule has 0 saturated heterocycles. The van der Waals surface area contributed by atoms with Crippen LogP contribution < -0.4 is 10.6 Å². The first-order valence-corrected chi connectivity index (χ1v) is 9.73. The van der Waals surface area contributed by atoms with Gasteiger partial charge in [0.1, 0.15) is 0 Å². The minimum atomic E-state index is 0. The van der Waals surface area contributed by atoms with Crippen molar-refractivity contribution in [2.24, 2.45) is 10.9 Å². The molecule has 28 heavy (non-hydrogen) atoms. The van der Waals surface area contributed by atoms with E-state index in [-0.39, 0.29) is 24.0 Å². The molecule has 154 valence electrons. The lowest BCUT2D eigenvalue weighted by molar-refractivity contribution is 0.123. The van der Waals surface area contributed by atoms with E-state index >= 15 is 0 Å². The topological polar surface area (TPSA) is 84.6 Å². The number of nitrogens with zero attached hydrogens (tertiary/aromatic N) is 3. The van der Waals surface area contributed by atoms with Crippen LogP contribution in [0.25, 0.3) is 11.4 Å². The van der Waals surface area contributed by atoms with Crippen molar-refractivity contribution < 1.29 is 9.26 Å². The standard InChI is InChI=1S/C19H26ClN5O2.HI/c1-21-19(22-10-2-12-26-13-14-3-4-14)23-11-9-17-24-18(25-27-17)15-5-7-16(20)8-6-15;/h5-8,14H,2-4,9-13H2,1H3,(H2,21,22,23);1H. The minimum absolute atomic E-state index is 0. The molecule has 0 unspecified atom stereocenters. The number of nitrogens with one attached hydrogen (secondary N) is 2. The highest BCUT2D eigenvalue weighted by molar-refractivity contribution is 14.0. The number of guanidine groups is 1. The molecular weight excluding hydrogens is 493 g/mol. The summed E-state index contributed by atoms with van der Waals surface area (Å²) in [6.07, 6.45) is 4.24. The highest BCUT2D eigenvalue weighted by atomic mass is 127. The van der Waals surface area contributed by atoms with Gasteiger partial charge in [0, 0.05) is 50.4 Å². The predicted molar refractivity (Wildman–Crippen MR) is 121 cm³/mol. The molecular formula is C19H27ClIN5O2. The third-order valence-electron chi connectivity index (χ3n) is 4.23. The Balaban J connectivity index is 0.00000280. The van der Waals surface area contributed by atoms with E-state index in [9.17, 15) is 0 Å². The Morgan fingerprint density at radius 2 is 2.00 bits per heavy atom. The zero-order valence-electron chi connectivity index (χ0n) is 16.0. The lowest BCUT2D eigenvalue weighted by Crippen LogP contribution is -2.39. The average Bonchev–Trinajstić information content (AvgIpc) is 3.39. The Kier molecular flexibility index (Phi) is 10.0. The van der Waals surface area contributed by atoms with Crippen molar-refractivity contribution in [3.05, 3.63) is 35.2 Å². The third-order valence-corrected chi connectivity index (χ3v) is 4.49. The quantitative estimate of drug-likeness (QED) is 0.216. The molecule has 1 saturated carbocycles. The maximum absolute atomic E-state index is 5.90. The highest BCUT2D eigenvalue weighted by Crippen LogP contribution is 2.28. The second kappa shape index (κ2) is 12.2. The van der Waals surface area contributed by atoms with Crippen LogP contribution in [-0.4, -0.2) is 49.5 Å². The van der Waals surface area contributed by atoms with E-state index in [1.165, 1.54) is 12.8 Å². The lowest BCUT2D eigenvalue weighted by atomic mass is 10.2. The second-order valence-corrected chi connectivity index (χ2v) is 7.00. The summed E-state index contributed by atoms with van der Waals surface area (Å²) in [5.41, 5.74) is 0.878. The summed E-state index contributed by atoms with van der Waals surface area (Å²) in [6.45, 7) is 3.18. The Hall–Kier alpha value is -1.39. The van der Waals surface area contributed by atoms with Crippen molar-refractivity contribution >= 4 is 41.5 Å². The van der Waals surface area contributed by atoms with Crippen LogP contribution in [0.15, 0.2) is 33.8 Å². The molecule has 1 aromatic carbocycles. The minimum Gasteiger partial charge on any atom is -0.381 e.